The number of ether oxygens (including phenoxy) is 2. The highest BCUT2D eigenvalue weighted by Crippen LogP contribution is 2.37. The molecule has 1 aliphatic carbocycles. The Labute approximate surface area is 197 Å². The number of aromatic nitrogens is 1. The molecule has 3 heterocycles. The van der Waals surface area contributed by atoms with Crippen molar-refractivity contribution in [1.82, 2.24) is 10.1 Å². The Balaban J connectivity index is 1.33. The van der Waals surface area contributed by atoms with Crippen molar-refractivity contribution < 1.29 is 27.9 Å². The van der Waals surface area contributed by atoms with Crippen LogP contribution >= 0.6 is 0 Å². The van der Waals surface area contributed by atoms with Gasteiger partial charge in [0, 0.05) is 37.8 Å². The maximum Gasteiger partial charge on any atom is 0.232 e. The number of aliphatic hydroxyl groups is 1. The summed E-state index contributed by atoms with van der Waals surface area (Å²) in [6.45, 7) is 4.03. The number of hydrogen-bond donors (Lipinski definition) is 1. The number of aliphatic hydroxyl groups excluding tert-OH is 1. The molecule has 0 amide bonds. The van der Waals surface area contributed by atoms with E-state index in [-0.39, 0.29) is 12.4 Å². The summed E-state index contributed by atoms with van der Waals surface area (Å²) >= 11 is 0. The van der Waals surface area contributed by atoms with Crippen LogP contribution in [0.25, 0.3) is 11.3 Å². The SMILES string of the molecule is OC(COCc1ccco1)CN(Cc1c(-c2ccccc2F)noc1N1CCOCC1)C1CC1. The molecule has 1 saturated carbocycles. The molecule has 1 aromatic carbocycles. The van der Waals surface area contributed by atoms with Crippen molar-refractivity contribution >= 4 is 5.88 Å². The largest absolute Gasteiger partial charge is 0.467 e. The Morgan fingerprint density at radius 3 is 2.74 bits per heavy atom. The average Bonchev–Trinajstić information content (AvgIpc) is 3.42. The van der Waals surface area contributed by atoms with Crippen molar-refractivity contribution in [3.63, 3.8) is 0 Å². The summed E-state index contributed by atoms with van der Waals surface area (Å²) in [6.07, 6.45) is 3.06. The van der Waals surface area contributed by atoms with Gasteiger partial charge in [0.05, 0.1) is 37.8 Å². The van der Waals surface area contributed by atoms with Crippen LogP contribution in [-0.2, 0) is 22.6 Å². The first kappa shape index (κ1) is 23.0. The summed E-state index contributed by atoms with van der Waals surface area (Å²) in [5.41, 5.74) is 1.76. The Bertz CT molecular complexity index is 1050. The van der Waals surface area contributed by atoms with Gasteiger partial charge in [-0.3, -0.25) is 4.90 Å². The summed E-state index contributed by atoms with van der Waals surface area (Å²) in [4.78, 5) is 4.33. The lowest BCUT2D eigenvalue weighted by Crippen LogP contribution is -2.38. The van der Waals surface area contributed by atoms with Crippen LogP contribution in [0, 0.1) is 5.82 Å². The Hall–Kier alpha value is -2.72. The second-order valence-electron chi connectivity index (χ2n) is 8.80. The minimum Gasteiger partial charge on any atom is -0.467 e. The van der Waals surface area contributed by atoms with E-state index in [9.17, 15) is 9.50 Å². The quantitative estimate of drug-likeness (QED) is 0.455. The number of anilines is 1. The zero-order chi connectivity index (χ0) is 23.3. The molecular weight excluding hydrogens is 441 g/mol. The highest BCUT2D eigenvalue weighted by molar-refractivity contribution is 5.69. The van der Waals surface area contributed by atoms with Gasteiger partial charge in [-0.2, -0.15) is 0 Å². The molecule has 0 spiro atoms. The summed E-state index contributed by atoms with van der Waals surface area (Å²) in [5.74, 6) is 1.03. The van der Waals surface area contributed by atoms with E-state index in [1.807, 2.05) is 12.1 Å². The van der Waals surface area contributed by atoms with Gasteiger partial charge in [0.15, 0.2) is 0 Å². The lowest BCUT2D eigenvalue weighted by molar-refractivity contribution is 0.00247. The van der Waals surface area contributed by atoms with E-state index in [2.05, 4.69) is 15.0 Å². The first-order valence-electron chi connectivity index (χ1n) is 11.8. The van der Waals surface area contributed by atoms with Gasteiger partial charge in [-0.15, -0.1) is 0 Å². The number of rotatable bonds is 11. The molecular formula is C25H30FN3O5. The van der Waals surface area contributed by atoms with Gasteiger partial charge >= 0.3 is 0 Å². The van der Waals surface area contributed by atoms with Gasteiger partial charge < -0.3 is 28.4 Å². The maximum absolute atomic E-state index is 14.7. The van der Waals surface area contributed by atoms with Crippen molar-refractivity contribution in [2.75, 3.05) is 44.4 Å². The topological polar surface area (TPSA) is 84.3 Å². The molecule has 34 heavy (non-hydrogen) atoms. The van der Waals surface area contributed by atoms with Crippen LogP contribution < -0.4 is 4.90 Å². The second-order valence-corrected chi connectivity index (χ2v) is 8.80. The number of furan rings is 1. The zero-order valence-corrected chi connectivity index (χ0v) is 19.1. The molecule has 1 saturated heterocycles. The number of hydrogen-bond acceptors (Lipinski definition) is 8. The normalized spacial score (nSPS) is 17.4. The summed E-state index contributed by atoms with van der Waals surface area (Å²) < 4.78 is 36.9. The molecule has 2 fully saturated rings. The molecule has 1 N–H and O–H groups in total. The molecule has 0 radical (unpaired) electrons. The van der Waals surface area contributed by atoms with Crippen LogP contribution in [0.2, 0.25) is 0 Å². The average molecular weight is 472 g/mol. The number of nitrogens with zero attached hydrogens (tertiary/aromatic N) is 3. The van der Waals surface area contributed by atoms with Gasteiger partial charge in [0.2, 0.25) is 5.88 Å². The smallest absolute Gasteiger partial charge is 0.232 e. The van der Waals surface area contributed by atoms with Crippen molar-refractivity contribution in [3.05, 3.63) is 59.8 Å². The predicted octanol–water partition coefficient (Wildman–Crippen LogP) is 3.45. The van der Waals surface area contributed by atoms with Crippen LogP contribution in [0.5, 0.6) is 0 Å². The highest BCUT2D eigenvalue weighted by Gasteiger charge is 2.34. The van der Waals surface area contributed by atoms with E-state index in [1.165, 1.54) is 6.07 Å². The van der Waals surface area contributed by atoms with Crippen molar-refractivity contribution in [1.29, 1.82) is 0 Å². The fourth-order valence-electron chi connectivity index (χ4n) is 4.32. The first-order valence-corrected chi connectivity index (χ1v) is 11.8. The van der Waals surface area contributed by atoms with E-state index in [4.69, 9.17) is 18.4 Å². The monoisotopic (exact) mass is 471 g/mol. The Morgan fingerprint density at radius 2 is 2.00 bits per heavy atom. The van der Waals surface area contributed by atoms with Gasteiger partial charge in [0.1, 0.15) is 23.9 Å². The lowest BCUT2D eigenvalue weighted by Gasteiger charge is -2.29. The molecule has 3 aromatic rings. The van der Waals surface area contributed by atoms with E-state index in [1.54, 1.807) is 24.5 Å². The maximum atomic E-state index is 14.7. The van der Waals surface area contributed by atoms with E-state index < -0.39 is 6.10 Å². The van der Waals surface area contributed by atoms with Crippen LogP contribution in [0.1, 0.15) is 24.2 Å². The number of halogens is 1. The highest BCUT2D eigenvalue weighted by atomic mass is 19.1. The Kier molecular flexibility index (Phi) is 7.24. The second kappa shape index (κ2) is 10.7. The molecule has 9 heteroatoms. The first-order chi connectivity index (χ1) is 16.7. The number of benzene rings is 1. The summed E-state index contributed by atoms with van der Waals surface area (Å²) in [6, 6.07) is 10.6. The summed E-state index contributed by atoms with van der Waals surface area (Å²) in [7, 11) is 0. The van der Waals surface area contributed by atoms with Crippen molar-refractivity contribution in [2.45, 2.75) is 38.1 Å². The predicted molar refractivity (Wildman–Crippen MR) is 123 cm³/mol. The van der Waals surface area contributed by atoms with Crippen LogP contribution in [0.4, 0.5) is 10.3 Å². The summed E-state index contributed by atoms with van der Waals surface area (Å²) in [5, 5.41) is 15.0. The fourth-order valence-corrected chi connectivity index (χ4v) is 4.32. The zero-order valence-electron chi connectivity index (χ0n) is 19.1. The third kappa shape index (κ3) is 5.50. The molecule has 2 aliphatic rings. The van der Waals surface area contributed by atoms with Crippen molar-refractivity contribution in [3.8, 4) is 11.3 Å². The molecule has 5 rings (SSSR count). The van der Waals surface area contributed by atoms with Crippen molar-refractivity contribution in [2.24, 2.45) is 0 Å². The van der Waals surface area contributed by atoms with Gasteiger partial charge in [-0.1, -0.05) is 17.3 Å². The molecule has 1 atom stereocenters. The van der Waals surface area contributed by atoms with Crippen LogP contribution in [-0.4, -0.2) is 66.8 Å². The molecule has 2 aromatic heterocycles. The fraction of sp³-hybridized carbons (Fsp3) is 0.480. The molecule has 182 valence electrons. The molecule has 8 nitrogen and oxygen atoms in total. The molecule has 0 bridgehead atoms. The van der Waals surface area contributed by atoms with Crippen LogP contribution in [0.15, 0.2) is 51.6 Å². The van der Waals surface area contributed by atoms with Crippen LogP contribution in [0.3, 0.4) is 0 Å². The minimum atomic E-state index is -0.667. The number of morpholine rings is 1. The Morgan fingerprint density at radius 1 is 1.18 bits per heavy atom. The lowest BCUT2D eigenvalue weighted by atomic mass is 10.1. The van der Waals surface area contributed by atoms with Gasteiger partial charge in [0.25, 0.3) is 0 Å². The standard InChI is InChI=1S/C25H30FN3O5/c26-23-6-2-1-5-21(23)24-22(25(34-27-24)28-9-12-31-13-10-28)15-29(18-7-8-18)14-19(30)16-32-17-20-4-3-11-33-20/h1-6,11,18-19,30H,7-10,12-17H2. The van der Waals surface area contributed by atoms with Gasteiger partial charge in [-0.25, -0.2) is 4.39 Å². The van der Waals surface area contributed by atoms with E-state index in [0.717, 1.165) is 24.2 Å². The molecule has 1 aliphatic heterocycles. The third-order valence-corrected chi connectivity index (χ3v) is 6.20. The third-order valence-electron chi connectivity index (χ3n) is 6.20. The van der Waals surface area contributed by atoms with E-state index >= 15 is 0 Å². The molecule has 1 unspecified atom stereocenters. The van der Waals surface area contributed by atoms with Gasteiger partial charge in [-0.05, 0) is 37.1 Å². The minimum absolute atomic E-state index is 0.198. The van der Waals surface area contributed by atoms with E-state index in [0.29, 0.717) is 69.2 Å².